The summed E-state index contributed by atoms with van der Waals surface area (Å²) in [5.41, 5.74) is 2.05. The maximum absolute atomic E-state index is 14.3. The average molecular weight is 679 g/mol. The molecule has 2 aromatic carbocycles. The molecule has 11 heteroatoms. The molecule has 1 saturated carbocycles. The summed E-state index contributed by atoms with van der Waals surface area (Å²) in [5, 5.41) is 24.2. The summed E-state index contributed by atoms with van der Waals surface area (Å²) in [6.45, 7) is 6.38. The molecule has 2 aliphatic carbocycles. The molecule has 0 spiro atoms. The molecule has 11 nitrogen and oxygen atoms in total. The fourth-order valence-corrected chi connectivity index (χ4v) is 7.64. The van der Waals surface area contributed by atoms with E-state index in [2.05, 4.69) is 26.1 Å². The lowest BCUT2D eigenvalue weighted by Crippen LogP contribution is -2.57. The van der Waals surface area contributed by atoms with Crippen molar-refractivity contribution in [2.45, 2.75) is 76.7 Å². The Bertz CT molecular complexity index is 1520. The van der Waals surface area contributed by atoms with Crippen LogP contribution in [0.5, 0.6) is 17.2 Å². The number of aliphatic hydroxyl groups excluding tert-OH is 2. The van der Waals surface area contributed by atoms with Crippen molar-refractivity contribution in [3.8, 4) is 17.2 Å². The molecular formula is C38H50N2O9. The number of carbonyl (C=O) groups is 3. The Kier molecular flexibility index (Phi) is 12.0. The van der Waals surface area contributed by atoms with E-state index >= 15 is 0 Å². The third-order valence-corrected chi connectivity index (χ3v) is 10.2. The number of nitrogens with one attached hydrogen (secondary N) is 1. The van der Waals surface area contributed by atoms with Crippen molar-refractivity contribution >= 4 is 18.1 Å². The molecule has 0 bridgehead atoms. The highest BCUT2D eigenvalue weighted by Gasteiger charge is 2.51. The zero-order chi connectivity index (χ0) is 35.2. The van der Waals surface area contributed by atoms with Crippen LogP contribution in [0.25, 0.3) is 0 Å². The monoisotopic (exact) mass is 678 g/mol. The van der Waals surface area contributed by atoms with Gasteiger partial charge in [-0.1, -0.05) is 39.3 Å². The second-order valence-electron chi connectivity index (χ2n) is 13.8. The summed E-state index contributed by atoms with van der Waals surface area (Å²) in [6, 6.07) is 9.80. The maximum Gasteiger partial charge on any atom is 0.249 e. The fraction of sp³-hybridized carbons (Fsp3) is 0.553. The number of carbonyl (C=O) groups excluding carboxylic acids is 3. The molecule has 1 heterocycles. The number of hydrogen-bond acceptors (Lipinski definition) is 9. The third kappa shape index (κ3) is 7.95. The molecule has 266 valence electrons. The minimum absolute atomic E-state index is 0.00927. The van der Waals surface area contributed by atoms with Crippen LogP contribution in [0.1, 0.15) is 67.4 Å². The van der Waals surface area contributed by atoms with Crippen LogP contribution in [0.15, 0.2) is 48.0 Å². The SMILES string of the molecule is COc1cccc(CCN(C(=O)CO[C@H]2C[C@@H](C)CC[C@@H]2C(C)C)[C@@H]2C=C(C(=O)NCCO)[C@@H]3c4cc(C=O)cc(OC)c4O[C@@H]3[C@H]2O)c1. The highest BCUT2D eigenvalue weighted by molar-refractivity contribution is 5.96. The van der Waals surface area contributed by atoms with Gasteiger partial charge in [0.05, 0.1) is 38.9 Å². The first kappa shape index (κ1) is 36.4. The zero-order valence-corrected chi connectivity index (χ0v) is 29.1. The average Bonchev–Trinajstić information content (AvgIpc) is 3.50. The predicted octanol–water partition coefficient (Wildman–Crippen LogP) is 3.69. The molecule has 3 aliphatic rings. The quantitative estimate of drug-likeness (QED) is 0.255. The smallest absolute Gasteiger partial charge is 0.249 e. The van der Waals surface area contributed by atoms with Crippen molar-refractivity contribution in [1.82, 2.24) is 10.2 Å². The van der Waals surface area contributed by atoms with Gasteiger partial charge in [0.1, 0.15) is 30.9 Å². The zero-order valence-electron chi connectivity index (χ0n) is 29.1. The summed E-state index contributed by atoms with van der Waals surface area (Å²) in [7, 11) is 3.05. The highest BCUT2D eigenvalue weighted by Crippen LogP contribution is 2.51. The number of aldehydes is 1. The molecule has 0 radical (unpaired) electrons. The van der Waals surface area contributed by atoms with Gasteiger partial charge in [0, 0.05) is 29.8 Å². The number of fused-ring (bicyclic) bond motifs is 3. The Hall–Kier alpha value is -3.93. The first-order chi connectivity index (χ1) is 23.6. The lowest BCUT2D eigenvalue weighted by molar-refractivity contribution is -0.147. The summed E-state index contributed by atoms with van der Waals surface area (Å²) in [5.74, 6) is 1.03. The van der Waals surface area contributed by atoms with E-state index in [0.29, 0.717) is 58.8 Å². The van der Waals surface area contributed by atoms with Crippen molar-refractivity contribution in [1.29, 1.82) is 0 Å². The second-order valence-corrected chi connectivity index (χ2v) is 13.8. The Morgan fingerprint density at radius 1 is 1.14 bits per heavy atom. The lowest BCUT2D eigenvalue weighted by atomic mass is 9.75. The normalized spacial score (nSPS) is 25.8. The van der Waals surface area contributed by atoms with Crippen LogP contribution in [-0.4, -0.2) is 98.1 Å². The first-order valence-electron chi connectivity index (χ1n) is 17.3. The Labute approximate surface area is 288 Å². The summed E-state index contributed by atoms with van der Waals surface area (Å²) in [4.78, 5) is 41.4. The van der Waals surface area contributed by atoms with Gasteiger partial charge in [0.15, 0.2) is 11.5 Å². The number of nitrogens with zero attached hydrogens (tertiary/aromatic N) is 1. The van der Waals surface area contributed by atoms with E-state index in [1.165, 1.54) is 7.11 Å². The van der Waals surface area contributed by atoms with Crippen LogP contribution in [0.4, 0.5) is 0 Å². The van der Waals surface area contributed by atoms with Crippen LogP contribution in [0, 0.1) is 17.8 Å². The third-order valence-electron chi connectivity index (χ3n) is 10.2. The van der Waals surface area contributed by atoms with Crippen molar-refractivity contribution < 1.29 is 43.5 Å². The van der Waals surface area contributed by atoms with Crippen LogP contribution in [0.2, 0.25) is 0 Å². The van der Waals surface area contributed by atoms with E-state index in [1.54, 1.807) is 30.2 Å². The van der Waals surface area contributed by atoms with Crippen LogP contribution >= 0.6 is 0 Å². The van der Waals surface area contributed by atoms with E-state index in [1.807, 2.05) is 24.3 Å². The van der Waals surface area contributed by atoms with E-state index in [9.17, 15) is 24.6 Å². The van der Waals surface area contributed by atoms with Crippen molar-refractivity contribution in [2.24, 2.45) is 17.8 Å². The van der Waals surface area contributed by atoms with E-state index in [0.717, 1.165) is 24.8 Å². The molecule has 0 unspecified atom stereocenters. The number of aliphatic hydroxyl groups is 2. The van der Waals surface area contributed by atoms with E-state index < -0.39 is 30.1 Å². The number of benzene rings is 2. The van der Waals surface area contributed by atoms with Crippen LogP contribution in [0.3, 0.4) is 0 Å². The molecule has 7 atom stereocenters. The summed E-state index contributed by atoms with van der Waals surface area (Å²) >= 11 is 0. The van der Waals surface area contributed by atoms with Crippen molar-refractivity contribution in [3.05, 3.63) is 64.7 Å². The van der Waals surface area contributed by atoms with Gasteiger partial charge < -0.3 is 39.4 Å². The fourth-order valence-electron chi connectivity index (χ4n) is 7.64. The molecule has 0 aromatic heterocycles. The molecule has 5 rings (SSSR count). The molecule has 2 aromatic rings. The van der Waals surface area contributed by atoms with Gasteiger partial charge in [-0.3, -0.25) is 14.4 Å². The number of methoxy groups -OCH3 is 2. The highest BCUT2D eigenvalue weighted by atomic mass is 16.5. The molecule has 0 saturated heterocycles. The van der Waals surface area contributed by atoms with Crippen LogP contribution < -0.4 is 19.5 Å². The number of ether oxygens (including phenoxy) is 4. The Morgan fingerprint density at radius 3 is 2.63 bits per heavy atom. The van der Waals surface area contributed by atoms with Crippen molar-refractivity contribution in [3.63, 3.8) is 0 Å². The molecule has 1 fully saturated rings. The topological polar surface area (TPSA) is 144 Å². The van der Waals surface area contributed by atoms with Gasteiger partial charge in [0.2, 0.25) is 11.8 Å². The van der Waals surface area contributed by atoms with E-state index in [4.69, 9.17) is 18.9 Å². The van der Waals surface area contributed by atoms with Gasteiger partial charge in [-0.2, -0.15) is 0 Å². The number of rotatable bonds is 14. The van der Waals surface area contributed by atoms with Gasteiger partial charge in [-0.05, 0) is 72.9 Å². The summed E-state index contributed by atoms with van der Waals surface area (Å²) < 4.78 is 23.7. The number of hydrogen-bond donors (Lipinski definition) is 3. The second kappa shape index (κ2) is 16.2. The molecule has 1 aliphatic heterocycles. The first-order valence-corrected chi connectivity index (χ1v) is 17.3. The van der Waals surface area contributed by atoms with Gasteiger partial charge in [-0.15, -0.1) is 0 Å². The van der Waals surface area contributed by atoms with Crippen LogP contribution in [-0.2, 0) is 20.7 Å². The largest absolute Gasteiger partial charge is 0.497 e. The summed E-state index contributed by atoms with van der Waals surface area (Å²) in [6.07, 6.45) is 3.54. The minimum atomic E-state index is -1.25. The Balaban J connectivity index is 1.51. The molecule has 3 N–H and O–H groups in total. The van der Waals surface area contributed by atoms with Crippen molar-refractivity contribution in [2.75, 3.05) is 40.5 Å². The Morgan fingerprint density at radius 2 is 1.94 bits per heavy atom. The minimum Gasteiger partial charge on any atom is -0.497 e. The van der Waals surface area contributed by atoms with Gasteiger partial charge in [-0.25, -0.2) is 0 Å². The molecule has 49 heavy (non-hydrogen) atoms. The predicted molar refractivity (Wildman–Crippen MR) is 183 cm³/mol. The standard InChI is InChI=1S/C38H50N2O9/c1-22(2)27-10-9-23(3)15-31(27)48-21-33(43)40(13-11-24-7-6-8-26(16-24)46-4)30-19-29(38(45)39-12-14-41)34-28-17-25(20-42)18-32(47-5)36(28)49-37(34)35(30)44/h6-8,16-20,22-23,27,30-31,34-35,37,41,44H,9-15,21H2,1-5H3,(H,39,45)/t23-,27+,30+,31-,34-,35-,37-/m0/s1. The maximum atomic E-state index is 14.3. The van der Waals surface area contributed by atoms with Gasteiger partial charge in [0.25, 0.3) is 0 Å². The molecular weight excluding hydrogens is 628 g/mol. The lowest BCUT2D eigenvalue weighted by Gasteiger charge is -2.41. The molecule has 2 amide bonds. The van der Waals surface area contributed by atoms with Gasteiger partial charge >= 0.3 is 0 Å². The van der Waals surface area contributed by atoms with E-state index in [-0.39, 0.29) is 43.9 Å². The number of amides is 2.